The van der Waals surface area contributed by atoms with Crippen molar-refractivity contribution in [1.29, 1.82) is 0 Å². The zero-order valence-electron chi connectivity index (χ0n) is 11.7. The Morgan fingerprint density at radius 2 is 1.90 bits per heavy atom. The maximum absolute atomic E-state index is 13.7. The second kappa shape index (κ2) is 6.85. The number of carbonyl (C=O) groups is 1. The molecule has 0 bridgehead atoms. The minimum absolute atomic E-state index is 0.297. The average molecular weight is 288 g/mol. The summed E-state index contributed by atoms with van der Waals surface area (Å²) >= 11 is 0. The molecule has 0 heterocycles. The number of hydrogen-bond acceptors (Lipinski definition) is 3. The van der Waals surface area contributed by atoms with Gasteiger partial charge in [0.15, 0.2) is 0 Å². The Labute approximate surface area is 122 Å². The number of amides is 1. The van der Waals surface area contributed by atoms with Crippen molar-refractivity contribution in [2.75, 3.05) is 7.11 Å². The Hall–Kier alpha value is -2.40. The Balaban J connectivity index is 2.03. The van der Waals surface area contributed by atoms with Gasteiger partial charge in [0.05, 0.1) is 7.11 Å². The van der Waals surface area contributed by atoms with Crippen molar-refractivity contribution in [3.63, 3.8) is 0 Å². The molecule has 0 saturated heterocycles. The van der Waals surface area contributed by atoms with Gasteiger partial charge in [-0.1, -0.05) is 18.2 Å². The van der Waals surface area contributed by atoms with Crippen LogP contribution in [0.3, 0.4) is 0 Å². The SMILES string of the molecule is COc1ccccc1CNCc1cc(C(N)=O)ccc1F. The van der Waals surface area contributed by atoms with Crippen LogP contribution in [0.2, 0.25) is 0 Å². The smallest absolute Gasteiger partial charge is 0.248 e. The number of methoxy groups -OCH3 is 1. The lowest BCUT2D eigenvalue weighted by Gasteiger charge is -2.10. The van der Waals surface area contributed by atoms with Crippen molar-refractivity contribution >= 4 is 5.91 Å². The number of rotatable bonds is 6. The summed E-state index contributed by atoms with van der Waals surface area (Å²) in [5.41, 5.74) is 6.87. The van der Waals surface area contributed by atoms with Crippen LogP contribution < -0.4 is 15.8 Å². The molecule has 0 spiro atoms. The fraction of sp³-hybridized carbons (Fsp3) is 0.188. The molecule has 110 valence electrons. The van der Waals surface area contributed by atoms with Gasteiger partial charge in [0, 0.05) is 29.8 Å². The number of nitrogens with two attached hydrogens (primary N) is 1. The van der Waals surface area contributed by atoms with Gasteiger partial charge in [-0.05, 0) is 24.3 Å². The van der Waals surface area contributed by atoms with E-state index in [1.807, 2.05) is 24.3 Å². The molecule has 0 atom stereocenters. The van der Waals surface area contributed by atoms with Gasteiger partial charge < -0.3 is 15.8 Å². The van der Waals surface area contributed by atoms with Gasteiger partial charge in [-0.2, -0.15) is 0 Å². The number of hydrogen-bond donors (Lipinski definition) is 2. The molecule has 2 rings (SSSR count). The highest BCUT2D eigenvalue weighted by atomic mass is 19.1. The average Bonchev–Trinajstić information content (AvgIpc) is 2.49. The van der Waals surface area contributed by atoms with Gasteiger partial charge in [-0.15, -0.1) is 0 Å². The Morgan fingerprint density at radius 3 is 2.62 bits per heavy atom. The second-order valence-electron chi connectivity index (χ2n) is 4.59. The van der Waals surface area contributed by atoms with E-state index < -0.39 is 5.91 Å². The maximum Gasteiger partial charge on any atom is 0.248 e. The molecule has 0 aliphatic heterocycles. The largest absolute Gasteiger partial charge is 0.496 e. The first-order valence-corrected chi connectivity index (χ1v) is 6.52. The Kier molecular flexibility index (Phi) is 4.90. The molecule has 0 unspecified atom stereocenters. The first-order valence-electron chi connectivity index (χ1n) is 6.52. The number of halogens is 1. The van der Waals surface area contributed by atoms with Crippen LogP contribution in [0.15, 0.2) is 42.5 Å². The molecule has 2 aromatic carbocycles. The van der Waals surface area contributed by atoms with Crippen molar-refractivity contribution in [1.82, 2.24) is 5.32 Å². The monoisotopic (exact) mass is 288 g/mol. The van der Waals surface area contributed by atoms with Crippen LogP contribution in [0, 0.1) is 5.82 Å². The lowest BCUT2D eigenvalue weighted by Crippen LogP contribution is -2.16. The minimum atomic E-state index is -0.569. The first kappa shape index (κ1) is 15.0. The third-order valence-electron chi connectivity index (χ3n) is 3.15. The van der Waals surface area contributed by atoms with Gasteiger partial charge >= 0.3 is 0 Å². The number of nitrogens with one attached hydrogen (secondary N) is 1. The van der Waals surface area contributed by atoms with Crippen LogP contribution >= 0.6 is 0 Å². The molecule has 2 aromatic rings. The van der Waals surface area contributed by atoms with E-state index in [9.17, 15) is 9.18 Å². The van der Waals surface area contributed by atoms with Gasteiger partial charge in [-0.25, -0.2) is 4.39 Å². The predicted octanol–water partition coefficient (Wildman–Crippen LogP) is 2.22. The zero-order valence-corrected chi connectivity index (χ0v) is 11.7. The standard InChI is InChI=1S/C16H17FN2O2/c1-21-15-5-3-2-4-12(15)9-19-10-13-8-11(16(18)20)6-7-14(13)17/h2-8,19H,9-10H2,1H3,(H2,18,20). The van der Waals surface area contributed by atoms with Gasteiger partial charge in [0.2, 0.25) is 5.91 Å². The molecule has 21 heavy (non-hydrogen) atoms. The van der Waals surface area contributed by atoms with E-state index in [0.29, 0.717) is 24.2 Å². The molecular formula is C16H17FN2O2. The normalized spacial score (nSPS) is 10.4. The van der Waals surface area contributed by atoms with E-state index in [-0.39, 0.29) is 5.82 Å². The van der Waals surface area contributed by atoms with Crippen molar-refractivity contribution < 1.29 is 13.9 Å². The van der Waals surface area contributed by atoms with Crippen LogP contribution in [-0.2, 0) is 13.1 Å². The Bertz CT molecular complexity index is 644. The van der Waals surface area contributed by atoms with Crippen molar-refractivity contribution in [3.8, 4) is 5.75 Å². The molecule has 0 fully saturated rings. The molecule has 4 nitrogen and oxygen atoms in total. The molecule has 0 aliphatic carbocycles. The lowest BCUT2D eigenvalue weighted by molar-refractivity contribution is 0.1000. The summed E-state index contributed by atoms with van der Waals surface area (Å²) in [5, 5.41) is 3.13. The van der Waals surface area contributed by atoms with Crippen molar-refractivity contribution in [2.45, 2.75) is 13.1 Å². The van der Waals surface area contributed by atoms with Crippen LogP contribution in [-0.4, -0.2) is 13.0 Å². The number of carbonyl (C=O) groups excluding carboxylic acids is 1. The maximum atomic E-state index is 13.7. The molecule has 3 N–H and O–H groups in total. The highest BCUT2D eigenvalue weighted by molar-refractivity contribution is 5.92. The molecular weight excluding hydrogens is 271 g/mol. The fourth-order valence-corrected chi connectivity index (χ4v) is 2.04. The summed E-state index contributed by atoms with van der Waals surface area (Å²) < 4.78 is 18.9. The van der Waals surface area contributed by atoms with Crippen LogP contribution in [0.4, 0.5) is 4.39 Å². The highest BCUT2D eigenvalue weighted by Crippen LogP contribution is 2.17. The number of primary amides is 1. The van der Waals surface area contributed by atoms with Crippen molar-refractivity contribution in [2.24, 2.45) is 5.73 Å². The van der Waals surface area contributed by atoms with E-state index >= 15 is 0 Å². The molecule has 0 radical (unpaired) electrons. The summed E-state index contributed by atoms with van der Waals surface area (Å²) in [7, 11) is 1.61. The molecule has 0 saturated carbocycles. The Morgan fingerprint density at radius 1 is 1.19 bits per heavy atom. The number of para-hydroxylation sites is 1. The van der Waals surface area contributed by atoms with E-state index in [1.165, 1.54) is 18.2 Å². The summed E-state index contributed by atoms with van der Waals surface area (Å²) in [6.07, 6.45) is 0. The van der Waals surface area contributed by atoms with E-state index in [2.05, 4.69) is 5.32 Å². The topological polar surface area (TPSA) is 64.3 Å². The van der Waals surface area contributed by atoms with Gasteiger partial charge in [0.1, 0.15) is 11.6 Å². The van der Waals surface area contributed by atoms with E-state index in [4.69, 9.17) is 10.5 Å². The second-order valence-corrected chi connectivity index (χ2v) is 4.59. The van der Waals surface area contributed by atoms with Crippen molar-refractivity contribution in [3.05, 3.63) is 65.0 Å². The highest BCUT2D eigenvalue weighted by Gasteiger charge is 2.07. The quantitative estimate of drug-likeness (QED) is 0.856. The lowest BCUT2D eigenvalue weighted by atomic mass is 10.1. The predicted molar refractivity (Wildman–Crippen MR) is 78.5 cm³/mol. The van der Waals surface area contributed by atoms with Crippen LogP contribution in [0.1, 0.15) is 21.5 Å². The van der Waals surface area contributed by atoms with Crippen LogP contribution in [0.5, 0.6) is 5.75 Å². The molecule has 1 amide bonds. The summed E-state index contributed by atoms with van der Waals surface area (Å²) in [5.74, 6) is -0.162. The van der Waals surface area contributed by atoms with Crippen LogP contribution in [0.25, 0.3) is 0 Å². The van der Waals surface area contributed by atoms with Gasteiger partial charge in [0.25, 0.3) is 0 Å². The van der Waals surface area contributed by atoms with E-state index in [1.54, 1.807) is 7.11 Å². The van der Waals surface area contributed by atoms with E-state index in [0.717, 1.165) is 11.3 Å². The third kappa shape index (κ3) is 3.79. The minimum Gasteiger partial charge on any atom is -0.496 e. The summed E-state index contributed by atoms with van der Waals surface area (Å²) in [6.45, 7) is 0.829. The zero-order chi connectivity index (χ0) is 15.2. The van der Waals surface area contributed by atoms with Gasteiger partial charge in [-0.3, -0.25) is 4.79 Å². The molecule has 0 aliphatic rings. The third-order valence-corrected chi connectivity index (χ3v) is 3.15. The first-order chi connectivity index (χ1) is 10.1. The number of ether oxygens (including phenoxy) is 1. The number of benzene rings is 2. The summed E-state index contributed by atoms with van der Waals surface area (Å²) in [6, 6.07) is 11.7. The molecule has 5 heteroatoms. The summed E-state index contributed by atoms with van der Waals surface area (Å²) in [4.78, 5) is 11.1. The fourth-order valence-electron chi connectivity index (χ4n) is 2.04. The molecule has 0 aromatic heterocycles.